The zero-order valence-electron chi connectivity index (χ0n) is 5.84. The number of halogens is 1. The summed E-state index contributed by atoms with van der Waals surface area (Å²) in [6, 6.07) is 7.84. The molecule has 0 heterocycles. The lowest BCUT2D eigenvalue weighted by Crippen LogP contribution is -2.03. The van der Waals surface area contributed by atoms with Gasteiger partial charge in [-0.3, -0.25) is 0 Å². The fourth-order valence-electron chi connectivity index (χ4n) is 0.744. The number of hydrogen-bond acceptors (Lipinski definition) is 2. The third-order valence-corrected chi connectivity index (χ3v) is 1.81. The average molecular weight is 211 g/mol. The van der Waals surface area contributed by atoms with Crippen molar-refractivity contribution in [1.29, 1.82) is 5.26 Å². The minimum absolute atomic E-state index is 0.601. The van der Waals surface area contributed by atoms with Crippen molar-refractivity contribution in [3.8, 4) is 6.19 Å². The standard InChI is InChI=1S/C8H7BrN2/c9-8-3-1-7(2-4-8)5-11-6-10/h1-4,11H,5H2. The predicted molar refractivity (Wildman–Crippen MR) is 46.6 cm³/mol. The Balaban J connectivity index is 2.60. The molecule has 11 heavy (non-hydrogen) atoms. The van der Waals surface area contributed by atoms with Gasteiger partial charge in [0.15, 0.2) is 6.19 Å². The topological polar surface area (TPSA) is 35.8 Å². The molecule has 1 aromatic carbocycles. The van der Waals surface area contributed by atoms with E-state index in [1.54, 1.807) is 0 Å². The van der Waals surface area contributed by atoms with Crippen LogP contribution in [-0.2, 0) is 6.54 Å². The van der Waals surface area contributed by atoms with Gasteiger partial charge in [-0.1, -0.05) is 28.1 Å². The summed E-state index contributed by atoms with van der Waals surface area (Å²) in [5.74, 6) is 0. The van der Waals surface area contributed by atoms with E-state index < -0.39 is 0 Å². The SMILES string of the molecule is N#CNCc1ccc(Br)cc1. The van der Waals surface area contributed by atoms with Crippen molar-refractivity contribution in [1.82, 2.24) is 5.32 Å². The van der Waals surface area contributed by atoms with Crippen LogP contribution in [0.5, 0.6) is 0 Å². The molecule has 0 saturated heterocycles. The highest BCUT2D eigenvalue weighted by Crippen LogP contribution is 2.09. The molecule has 0 atom stereocenters. The Kier molecular flexibility index (Phi) is 2.94. The zero-order valence-corrected chi connectivity index (χ0v) is 7.43. The van der Waals surface area contributed by atoms with Gasteiger partial charge in [0.05, 0.1) is 0 Å². The molecule has 2 nitrogen and oxygen atoms in total. The maximum Gasteiger partial charge on any atom is 0.176 e. The van der Waals surface area contributed by atoms with E-state index >= 15 is 0 Å². The quantitative estimate of drug-likeness (QED) is 0.600. The smallest absolute Gasteiger partial charge is 0.176 e. The van der Waals surface area contributed by atoms with Crippen molar-refractivity contribution < 1.29 is 0 Å². The third-order valence-electron chi connectivity index (χ3n) is 1.28. The van der Waals surface area contributed by atoms with Crippen LogP contribution in [0.1, 0.15) is 5.56 Å². The van der Waals surface area contributed by atoms with Crippen molar-refractivity contribution in [2.75, 3.05) is 0 Å². The summed E-state index contributed by atoms with van der Waals surface area (Å²) in [6.07, 6.45) is 1.87. The number of rotatable bonds is 2. The van der Waals surface area contributed by atoms with Gasteiger partial charge in [0.25, 0.3) is 0 Å². The minimum atomic E-state index is 0.601. The van der Waals surface area contributed by atoms with Crippen molar-refractivity contribution in [2.45, 2.75) is 6.54 Å². The zero-order chi connectivity index (χ0) is 8.10. The lowest BCUT2D eigenvalue weighted by Gasteiger charge is -1.97. The normalized spacial score (nSPS) is 8.73. The van der Waals surface area contributed by atoms with Crippen LogP contribution in [0.25, 0.3) is 0 Å². The van der Waals surface area contributed by atoms with Crippen LogP contribution in [0.4, 0.5) is 0 Å². The van der Waals surface area contributed by atoms with E-state index in [1.165, 1.54) is 0 Å². The molecule has 0 amide bonds. The third kappa shape index (κ3) is 2.60. The van der Waals surface area contributed by atoms with Crippen LogP contribution < -0.4 is 5.32 Å². The second kappa shape index (κ2) is 3.99. The number of benzene rings is 1. The maximum absolute atomic E-state index is 8.21. The van der Waals surface area contributed by atoms with Crippen LogP contribution in [0.2, 0.25) is 0 Å². The Morgan fingerprint density at radius 1 is 1.36 bits per heavy atom. The first kappa shape index (κ1) is 8.09. The lowest BCUT2D eigenvalue weighted by molar-refractivity contribution is 0.884. The van der Waals surface area contributed by atoms with Gasteiger partial charge in [-0.2, -0.15) is 5.26 Å². The summed E-state index contributed by atoms with van der Waals surface area (Å²) in [4.78, 5) is 0. The maximum atomic E-state index is 8.21. The average Bonchev–Trinajstić information content (AvgIpc) is 2.04. The molecular formula is C8H7BrN2. The van der Waals surface area contributed by atoms with Crippen molar-refractivity contribution in [3.05, 3.63) is 34.3 Å². The van der Waals surface area contributed by atoms with Gasteiger partial charge in [-0.15, -0.1) is 0 Å². The van der Waals surface area contributed by atoms with Gasteiger partial charge in [0, 0.05) is 11.0 Å². The summed E-state index contributed by atoms with van der Waals surface area (Å²) in [6.45, 7) is 0.601. The predicted octanol–water partition coefficient (Wildman–Crippen LogP) is 2.02. The molecule has 56 valence electrons. The van der Waals surface area contributed by atoms with E-state index in [2.05, 4.69) is 21.2 Å². The molecule has 0 aliphatic heterocycles. The van der Waals surface area contributed by atoms with E-state index in [1.807, 2.05) is 30.5 Å². The number of nitrogens with zero attached hydrogens (tertiary/aromatic N) is 1. The molecule has 0 aromatic heterocycles. The van der Waals surface area contributed by atoms with Crippen molar-refractivity contribution >= 4 is 15.9 Å². The molecule has 3 heteroatoms. The van der Waals surface area contributed by atoms with Crippen LogP contribution in [-0.4, -0.2) is 0 Å². The van der Waals surface area contributed by atoms with E-state index in [0.717, 1.165) is 10.0 Å². The number of nitriles is 1. The first-order valence-corrected chi connectivity index (χ1v) is 3.98. The molecule has 1 aromatic rings. The highest BCUT2D eigenvalue weighted by atomic mass is 79.9. The van der Waals surface area contributed by atoms with Gasteiger partial charge in [0.1, 0.15) is 0 Å². The summed E-state index contributed by atoms with van der Waals surface area (Å²) >= 11 is 3.33. The van der Waals surface area contributed by atoms with Crippen LogP contribution in [0, 0.1) is 11.5 Å². The Morgan fingerprint density at radius 3 is 2.55 bits per heavy atom. The summed E-state index contributed by atoms with van der Waals surface area (Å²) in [5.41, 5.74) is 1.11. The van der Waals surface area contributed by atoms with Crippen molar-refractivity contribution in [2.24, 2.45) is 0 Å². The number of nitrogens with one attached hydrogen (secondary N) is 1. The summed E-state index contributed by atoms with van der Waals surface area (Å²) < 4.78 is 1.05. The molecular weight excluding hydrogens is 204 g/mol. The molecule has 0 saturated carbocycles. The molecule has 0 fully saturated rings. The first-order chi connectivity index (χ1) is 5.33. The van der Waals surface area contributed by atoms with Gasteiger partial charge >= 0.3 is 0 Å². The molecule has 0 bridgehead atoms. The second-order valence-electron chi connectivity index (χ2n) is 2.09. The molecule has 1 N–H and O–H groups in total. The van der Waals surface area contributed by atoms with Gasteiger partial charge < -0.3 is 5.32 Å². The van der Waals surface area contributed by atoms with Crippen LogP contribution >= 0.6 is 15.9 Å². The fourth-order valence-corrected chi connectivity index (χ4v) is 1.01. The first-order valence-electron chi connectivity index (χ1n) is 3.19. The van der Waals surface area contributed by atoms with E-state index in [9.17, 15) is 0 Å². The van der Waals surface area contributed by atoms with E-state index in [0.29, 0.717) is 6.54 Å². The molecule has 0 aliphatic rings. The highest BCUT2D eigenvalue weighted by Gasteiger charge is 1.89. The second-order valence-corrected chi connectivity index (χ2v) is 3.01. The fraction of sp³-hybridized carbons (Fsp3) is 0.125. The van der Waals surface area contributed by atoms with E-state index in [-0.39, 0.29) is 0 Å². The van der Waals surface area contributed by atoms with Crippen LogP contribution in [0.3, 0.4) is 0 Å². The van der Waals surface area contributed by atoms with Gasteiger partial charge in [-0.25, -0.2) is 0 Å². The Hall–Kier alpha value is -1.01. The molecule has 0 aliphatic carbocycles. The van der Waals surface area contributed by atoms with Crippen LogP contribution in [0.15, 0.2) is 28.7 Å². The Morgan fingerprint density at radius 2 is 2.00 bits per heavy atom. The Bertz CT molecular complexity index is 260. The minimum Gasteiger partial charge on any atom is -0.319 e. The molecule has 1 rings (SSSR count). The van der Waals surface area contributed by atoms with Gasteiger partial charge in [-0.05, 0) is 17.7 Å². The Labute approximate surface area is 74.0 Å². The molecule has 0 radical (unpaired) electrons. The molecule has 0 spiro atoms. The largest absolute Gasteiger partial charge is 0.319 e. The summed E-state index contributed by atoms with van der Waals surface area (Å²) in [5, 5.41) is 10.8. The highest BCUT2D eigenvalue weighted by molar-refractivity contribution is 9.10. The summed E-state index contributed by atoms with van der Waals surface area (Å²) in [7, 11) is 0. The lowest BCUT2D eigenvalue weighted by atomic mass is 10.2. The molecule has 0 unspecified atom stereocenters. The monoisotopic (exact) mass is 210 g/mol. The number of hydrogen-bond donors (Lipinski definition) is 1. The van der Waals surface area contributed by atoms with Gasteiger partial charge in [0.2, 0.25) is 0 Å². The van der Waals surface area contributed by atoms with E-state index in [4.69, 9.17) is 5.26 Å². The van der Waals surface area contributed by atoms with Crippen molar-refractivity contribution in [3.63, 3.8) is 0 Å².